The maximum atomic E-state index is 6.31. The molecule has 1 N–H and O–H groups in total. The smallest absolute Gasteiger partial charge is 0.226 e. The number of methoxy groups -OCH3 is 2. The van der Waals surface area contributed by atoms with Crippen LogP contribution < -0.4 is 14.8 Å². The van der Waals surface area contributed by atoms with Crippen LogP contribution in [0.15, 0.2) is 42.7 Å². The minimum Gasteiger partial charge on any atom is -0.497 e. The highest BCUT2D eigenvalue weighted by atomic mass is 35.5. The summed E-state index contributed by atoms with van der Waals surface area (Å²) in [4.78, 5) is 8.96. The van der Waals surface area contributed by atoms with E-state index in [-0.39, 0.29) is 0 Å². The largest absolute Gasteiger partial charge is 0.497 e. The number of nitrogens with one attached hydrogen (secondary N) is 1. The molecule has 0 spiro atoms. The minimum atomic E-state index is 0.491. The van der Waals surface area contributed by atoms with E-state index in [0.29, 0.717) is 28.7 Å². The molecule has 8 heteroatoms. The molecule has 0 bridgehead atoms. The van der Waals surface area contributed by atoms with Crippen LogP contribution in [0.1, 0.15) is 5.56 Å². The number of para-hydroxylation sites is 1. The lowest BCUT2D eigenvalue weighted by molar-refractivity contribution is 0.391. The van der Waals surface area contributed by atoms with Gasteiger partial charge in [0.1, 0.15) is 17.8 Å². The van der Waals surface area contributed by atoms with Crippen molar-refractivity contribution < 1.29 is 9.47 Å². The normalized spacial score (nSPS) is 11.0. The fourth-order valence-corrected chi connectivity index (χ4v) is 3.05. The topological polar surface area (TPSA) is 73.6 Å². The van der Waals surface area contributed by atoms with Gasteiger partial charge < -0.3 is 14.8 Å². The highest BCUT2D eigenvalue weighted by Crippen LogP contribution is 2.28. The Balaban J connectivity index is 1.73. The predicted molar refractivity (Wildman–Crippen MR) is 100 cm³/mol. The van der Waals surface area contributed by atoms with Crippen molar-refractivity contribution in [1.29, 1.82) is 0 Å². The number of hydrogen-bond acceptors (Lipinski definition) is 6. The lowest BCUT2D eigenvalue weighted by Crippen LogP contribution is -2.09. The molecule has 26 heavy (non-hydrogen) atoms. The third kappa shape index (κ3) is 2.76. The third-order valence-corrected chi connectivity index (χ3v) is 4.43. The van der Waals surface area contributed by atoms with Gasteiger partial charge in [-0.05, 0) is 24.3 Å². The van der Waals surface area contributed by atoms with Crippen molar-refractivity contribution >= 4 is 34.1 Å². The van der Waals surface area contributed by atoms with Gasteiger partial charge in [-0.25, -0.2) is 9.97 Å². The van der Waals surface area contributed by atoms with Crippen molar-refractivity contribution in [2.24, 2.45) is 0 Å². The average molecular weight is 370 g/mol. The van der Waals surface area contributed by atoms with Crippen molar-refractivity contribution in [1.82, 2.24) is 19.6 Å². The molecule has 0 fully saturated rings. The van der Waals surface area contributed by atoms with Crippen LogP contribution in [-0.2, 0) is 6.54 Å². The second kappa shape index (κ2) is 6.68. The number of halogens is 1. The van der Waals surface area contributed by atoms with E-state index in [4.69, 9.17) is 21.1 Å². The van der Waals surface area contributed by atoms with E-state index >= 15 is 0 Å². The zero-order valence-electron chi connectivity index (χ0n) is 14.2. The summed E-state index contributed by atoms with van der Waals surface area (Å²) in [7, 11) is 3.25. The van der Waals surface area contributed by atoms with Crippen LogP contribution >= 0.6 is 11.6 Å². The summed E-state index contributed by atoms with van der Waals surface area (Å²) in [6, 6.07) is 11.3. The van der Waals surface area contributed by atoms with Gasteiger partial charge in [0.15, 0.2) is 5.65 Å². The molecule has 0 atom stereocenters. The molecule has 0 saturated carbocycles. The highest BCUT2D eigenvalue weighted by Gasteiger charge is 2.13. The van der Waals surface area contributed by atoms with Gasteiger partial charge in [0, 0.05) is 23.6 Å². The number of rotatable bonds is 5. The maximum Gasteiger partial charge on any atom is 0.226 e. The van der Waals surface area contributed by atoms with Crippen LogP contribution in [0, 0.1) is 0 Å². The average Bonchev–Trinajstić information content (AvgIpc) is 3.17. The molecule has 0 aliphatic heterocycles. The third-order valence-electron chi connectivity index (χ3n) is 4.12. The van der Waals surface area contributed by atoms with Crippen LogP contribution in [0.4, 0.5) is 5.95 Å². The summed E-state index contributed by atoms with van der Waals surface area (Å²) in [5, 5.41) is 8.98. The molecule has 0 radical (unpaired) electrons. The molecular weight excluding hydrogens is 354 g/mol. The highest BCUT2D eigenvalue weighted by molar-refractivity contribution is 6.35. The molecule has 2 aromatic heterocycles. The summed E-state index contributed by atoms with van der Waals surface area (Å²) in [6.45, 7) is 0.491. The molecule has 0 aliphatic rings. The molecule has 0 amide bonds. The van der Waals surface area contributed by atoms with Gasteiger partial charge in [0.25, 0.3) is 0 Å². The van der Waals surface area contributed by atoms with E-state index < -0.39 is 0 Å². The Morgan fingerprint density at radius 3 is 2.85 bits per heavy atom. The first-order chi connectivity index (χ1) is 12.7. The van der Waals surface area contributed by atoms with E-state index in [9.17, 15) is 0 Å². The van der Waals surface area contributed by atoms with Crippen LogP contribution in [0.2, 0.25) is 5.02 Å². The SMILES string of the molecule is COc1ccc(CNc2nc3c(Cl)cccc3c3ncnn23)c(OC)c1. The zero-order valence-corrected chi connectivity index (χ0v) is 15.0. The lowest BCUT2D eigenvalue weighted by atomic mass is 10.2. The molecule has 7 nitrogen and oxygen atoms in total. The molecule has 4 rings (SSSR count). The van der Waals surface area contributed by atoms with Crippen molar-refractivity contribution in [2.45, 2.75) is 6.54 Å². The van der Waals surface area contributed by atoms with E-state index in [2.05, 4.69) is 20.4 Å². The minimum absolute atomic E-state index is 0.491. The monoisotopic (exact) mass is 369 g/mol. The van der Waals surface area contributed by atoms with Crippen molar-refractivity contribution in [3.05, 3.63) is 53.3 Å². The Morgan fingerprint density at radius 1 is 1.15 bits per heavy atom. The summed E-state index contributed by atoms with van der Waals surface area (Å²) in [6.07, 6.45) is 1.50. The van der Waals surface area contributed by atoms with E-state index in [0.717, 1.165) is 22.4 Å². The number of aromatic nitrogens is 4. The van der Waals surface area contributed by atoms with Crippen LogP contribution in [0.5, 0.6) is 11.5 Å². The van der Waals surface area contributed by atoms with Gasteiger partial charge in [0.05, 0.1) is 24.8 Å². The number of nitrogens with zero attached hydrogens (tertiary/aromatic N) is 4. The Hall–Kier alpha value is -3.06. The van der Waals surface area contributed by atoms with E-state index in [1.807, 2.05) is 30.3 Å². The summed E-state index contributed by atoms with van der Waals surface area (Å²) >= 11 is 6.31. The van der Waals surface area contributed by atoms with Gasteiger partial charge in [-0.15, -0.1) is 0 Å². The van der Waals surface area contributed by atoms with Gasteiger partial charge >= 0.3 is 0 Å². The lowest BCUT2D eigenvalue weighted by Gasteiger charge is -2.13. The van der Waals surface area contributed by atoms with Gasteiger partial charge in [-0.3, -0.25) is 0 Å². The molecule has 0 saturated heterocycles. The molecule has 4 aromatic rings. The van der Waals surface area contributed by atoms with Crippen molar-refractivity contribution in [3.8, 4) is 11.5 Å². The first kappa shape index (κ1) is 16.4. The Bertz CT molecular complexity index is 1100. The summed E-state index contributed by atoms with van der Waals surface area (Å²) in [5.74, 6) is 2.02. The van der Waals surface area contributed by atoms with Crippen LogP contribution in [0.3, 0.4) is 0 Å². The second-order valence-electron chi connectivity index (χ2n) is 5.60. The van der Waals surface area contributed by atoms with E-state index in [1.165, 1.54) is 6.33 Å². The number of anilines is 1. The van der Waals surface area contributed by atoms with Crippen LogP contribution in [-0.4, -0.2) is 33.8 Å². The molecule has 0 aliphatic carbocycles. The molecule has 0 unspecified atom stereocenters. The quantitative estimate of drug-likeness (QED) is 0.580. The number of benzene rings is 2. The Labute approximate surface area is 154 Å². The van der Waals surface area contributed by atoms with Crippen molar-refractivity contribution in [2.75, 3.05) is 19.5 Å². The fraction of sp³-hybridized carbons (Fsp3) is 0.167. The first-order valence-electron chi connectivity index (χ1n) is 7.94. The fourth-order valence-electron chi connectivity index (χ4n) is 2.83. The Kier molecular flexibility index (Phi) is 4.22. The zero-order chi connectivity index (χ0) is 18.1. The molecule has 132 valence electrons. The molecular formula is C18H16ClN5O2. The Morgan fingerprint density at radius 2 is 2.04 bits per heavy atom. The van der Waals surface area contributed by atoms with Gasteiger partial charge in [-0.2, -0.15) is 9.61 Å². The number of ether oxygens (including phenoxy) is 2. The standard InChI is InChI=1S/C18H16ClN5O2/c1-25-12-7-6-11(15(8-12)26-2)9-20-18-23-16-13(4-3-5-14(16)19)17-21-10-22-24(17)18/h3-8,10H,9H2,1-2H3,(H,20,23). The predicted octanol–water partition coefficient (Wildman–Crippen LogP) is 3.56. The maximum absolute atomic E-state index is 6.31. The number of hydrogen-bond donors (Lipinski definition) is 1. The summed E-state index contributed by atoms with van der Waals surface area (Å²) < 4.78 is 12.3. The molecule has 2 heterocycles. The van der Waals surface area contributed by atoms with E-state index in [1.54, 1.807) is 24.8 Å². The van der Waals surface area contributed by atoms with Crippen molar-refractivity contribution in [3.63, 3.8) is 0 Å². The second-order valence-corrected chi connectivity index (χ2v) is 6.01. The first-order valence-corrected chi connectivity index (χ1v) is 8.32. The van der Waals surface area contributed by atoms with Crippen LogP contribution in [0.25, 0.3) is 16.6 Å². The van der Waals surface area contributed by atoms with Gasteiger partial charge in [0.2, 0.25) is 5.95 Å². The van der Waals surface area contributed by atoms with Gasteiger partial charge in [-0.1, -0.05) is 17.7 Å². The number of fused-ring (bicyclic) bond motifs is 3. The summed E-state index contributed by atoms with van der Waals surface area (Å²) in [5.41, 5.74) is 2.34. The molecule has 2 aromatic carbocycles.